The quantitative estimate of drug-likeness (QED) is 0.704. The van der Waals surface area contributed by atoms with Crippen molar-refractivity contribution in [2.45, 2.75) is 39.0 Å². The molecule has 0 radical (unpaired) electrons. The number of hydrogen-bond donors (Lipinski definition) is 0. The number of ether oxygens (including phenoxy) is 2. The minimum Gasteiger partial charge on any atom is -0.497 e. The zero-order chi connectivity index (χ0) is 17.2. The molecule has 0 unspecified atom stereocenters. The molecule has 1 aliphatic heterocycles. The lowest BCUT2D eigenvalue weighted by molar-refractivity contribution is -0.00119. The van der Waals surface area contributed by atoms with E-state index in [1.165, 1.54) is 0 Å². The molecule has 130 valence electrons. The Morgan fingerprint density at radius 1 is 1.28 bits per heavy atom. The summed E-state index contributed by atoms with van der Waals surface area (Å²) in [7, 11) is 1.65. The van der Waals surface area contributed by atoms with Crippen LogP contribution in [0.25, 0.3) is 11.6 Å². The first-order chi connectivity index (χ1) is 12.3. The molecule has 0 amide bonds. The third kappa shape index (κ3) is 3.00. The van der Waals surface area contributed by atoms with E-state index in [4.69, 9.17) is 14.0 Å². The number of hydrogen-bond acceptors (Lipinski definition) is 7. The lowest BCUT2D eigenvalue weighted by atomic mass is 10.1. The molecule has 8 nitrogen and oxygen atoms in total. The second-order valence-electron chi connectivity index (χ2n) is 5.91. The summed E-state index contributed by atoms with van der Waals surface area (Å²) in [6.45, 7) is 3.05. The Morgan fingerprint density at radius 3 is 2.88 bits per heavy atom. The highest BCUT2D eigenvalue weighted by atomic mass is 16.5. The number of methoxy groups -OCH3 is 1. The molecule has 4 rings (SSSR count). The van der Waals surface area contributed by atoms with Gasteiger partial charge in [0.2, 0.25) is 0 Å². The van der Waals surface area contributed by atoms with E-state index >= 15 is 0 Å². The van der Waals surface area contributed by atoms with Crippen molar-refractivity contribution >= 4 is 0 Å². The van der Waals surface area contributed by atoms with Crippen molar-refractivity contribution in [2.75, 3.05) is 7.11 Å². The van der Waals surface area contributed by atoms with Crippen LogP contribution in [-0.4, -0.2) is 32.2 Å². The Balaban J connectivity index is 1.55. The SMILES string of the molecule is CCCc1noc(-c2nnn3c2CO[C@@H](c2ccc(OC)cc2)C3)n1. The van der Waals surface area contributed by atoms with Crippen LogP contribution in [0.2, 0.25) is 0 Å². The van der Waals surface area contributed by atoms with E-state index in [2.05, 4.69) is 27.4 Å². The minimum atomic E-state index is -0.0775. The second kappa shape index (κ2) is 6.64. The summed E-state index contributed by atoms with van der Waals surface area (Å²) in [5.41, 5.74) is 2.53. The predicted molar refractivity (Wildman–Crippen MR) is 87.8 cm³/mol. The second-order valence-corrected chi connectivity index (χ2v) is 5.91. The molecule has 3 heterocycles. The zero-order valence-electron chi connectivity index (χ0n) is 14.2. The van der Waals surface area contributed by atoms with Crippen molar-refractivity contribution in [1.82, 2.24) is 25.1 Å². The zero-order valence-corrected chi connectivity index (χ0v) is 14.2. The van der Waals surface area contributed by atoms with E-state index in [1.807, 2.05) is 28.9 Å². The molecular formula is C17H19N5O3. The normalized spacial score (nSPS) is 16.6. The smallest absolute Gasteiger partial charge is 0.280 e. The molecule has 1 aliphatic rings. The van der Waals surface area contributed by atoms with E-state index in [1.54, 1.807) is 7.11 Å². The lowest BCUT2D eigenvalue weighted by Crippen LogP contribution is -2.22. The van der Waals surface area contributed by atoms with Gasteiger partial charge >= 0.3 is 0 Å². The first-order valence-electron chi connectivity index (χ1n) is 8.29. The molecule has 0 N–H and O–H groups in total. The molecule has 1 atom stereocenters. The summed E-state index contributed by atoms with van der Waals surface area (Å²) in [5, 5.41) is 12.4. The van der Waals surface area contributed by atoms with E-state index in [9.17, 15) is 0 Å². The Kier molecular flexibility index (Phi) is 4.19. The van der Waals surface area contributed by atoms with E-state index < -0.39 is 0 Å². The molecule has 0 saturated carbocycles. The number of rotatable bonds is 5. The molecule has 25 heavy (non-hydrogen) atoms. The molecule has 0 spiro atoms. The highest BCUT2D eigenvalue weighted by Crippen LogP contribution is 2.30. The maximum absolute atomic E-state index is 6.01. The maximum atomic E-state index is 6.01. The molecule has 0 fully saturated rings. The maximum Gasteiger partial charge on any atom is 0.280 e. The predicted octanol–water partition coefficient (Wildman–Crippen LogP) is 2.56. The fourth-order valence-corrected chi connectivity index (χ4v) is 2.87. The molecule has 3 aromatic rings. The fraction of sp³-hybridized carbons (Fsp3) is 0.412. The summed E-state index contributed by atoms with van der Waals surface area (Å²) in [6.07, 6.45) is 1.67. The highest BCUT2D eigenvalue weighted by Gasteiger charge is 2.27. The number of nitrogens with zero attached hydrogens (tertiary/aromatic N) is 5. The molecule has 1 aromatic carbocycles. The van der Waals surface area contributed by atoms with Crippen molar-refractivity contribution in [2.24, 2.45) is 0 Å². The van der Waals surface area contributed by atoms with Crippen LogP contribution < -0.4 is 4.74 Å². The van der Waals surface area contributed by atoms with Gasteiger partial charge in [0.15, 0.2) is 11.5 Å². The van der Waals surface area contributed by atoms with E-state index in [0.29, 0.717) is 30.6 Å². The Bertz CT molecular complexity index is 856. The molecule has 8 heteroatoms. The van der Waals surface area contributed by atoms with Gasteiger partial charge in [0.25, 0.3) is 5.89 Å². The molecule has 0 bridgehead atoms. The van der Waals surface area contributed by atoms with Crippen LogP contribution in [0.3, 0.4) is 0 Å². The van der Waals surface area contributed by atoms with Crippen molar-refractivity contribution in [1.29, 1.82) is 0 Å². The monoisotopic (exact) mass is 341 g/mol. The highest BCUT2D eigenvalue weighted by molar-refractivity contribution is 5.49. The van der Waals surface area contributed by atoms with E-state index in [0.717, 1.165) is 29.8 Å². The third-order valence-electron chi connectivity index (χ3n) is 4.23. The van der Waals surface area contributed by atoms with Crippen LogP contribution in [-0.2, 0) is 24.3 Å². The number of aromatic nitrogens is 5. The molecule has 0 saturated heterocycles. The van der Waals surface area contributed by atoms with Gasteiger partial charge in [0.05, 0.1) is 26.0 Å². The summed E-state index contributed by atoms with van der Waals surface area (Å²) < 4.78 is 18.4. The van der Waals surface area contributed by atoms with Gasteiger partial charge in [-0.1, -0.05) is 29.4 Å². The van der Waals surface area contributed by atoms with Crippen LogP contribution in [0.15, 0.2) is 28.8 Å². The first-order valence-corrected chi connectivity index (χ1v) is 8.29. The standard InChI is InChI=1S/C17H19N5O3/c1-3-4-15-18-17(25-20-15)16-13-10-24-14(9-22(13)21-19-16)11-5-7-12(23-2)8-6-11/h5-8,14H,3-4,9-10H2,1-2H3/t14-/m1/s1. The lowest BCUT2D eigenvalue weighted by Gasteiger charge is -2.24. The van der Waals surface area contributed by atoms with Gasteiger partial charge < -0.3 is 14.0 Å². The van der Waals surface area contributed by atoms with Crippen molar-refractivity contribution in [3.05, 3.63) is 41.3 Å². The number of aryl methyl sites for hydroxylation is 1. The van der Waals surface area contributed by atoms with Crippen LogP contribution in [0.5, 0.6) is 5.75 Å². The van der Waals surface area contributed by atoms with Crippen LogP contribution in [0.4, 0.5) is 0 Å². The summed E-state index contributed by atoms with van der Waals surface area (Å²) in [4.78, 5) is 4.38. The summed E-state index contributed by atoms with van der Waals surface area (Å²) in [6, 6.07) is 7.85. The minimum absolute atomic E-state index is 0.0775. The fourth-order valence-electron chi connectivity index (χ4n) is 2.87. The summed E-state index contributed by atoms with van der Waals surface area (Å²) in [5.74, 6) is 1.91. The van der Waals surface area contributed by atoms with Crippen LogP contribution in [0, 0.1) is 0 Å². The number of benzene rings is 1. The van der Waals surface area contributed by atoms with Crippen molar-refractivity contribution in [3.8, 4) is 17.3 Å². The van der Waals surface area contributed by atoms with Gasteiger partial charge in [-0.15, -0.1) is 5.10 Å². The van der Waals surface area contributed by atoms with Gasteiger partial charge in [-0.2, -0.15) is 4.98 Å². The first kappa shape index (κ1) is 15.8. The van der Waals surface area contributed by atoms with Crippen LogP contribution >= 0.6 is 0 Å². The van der Waals surface area contributed by atoms with E-state index in [-0.39, 0.29) is 6.10 Å². The summed E-state index contributed by atoms with van der Waals surface area (Å²) >= 11 is 0. The van der Waals surface area contributed by atoms with Gasteiger partial charge in [0, 0.05) is 6.42 Å². The average molecular weight is 341 g/mol. The third-order valence-corrected chi connectivity index (χ3v) is 4.23. The van der Waals surface area contributed by atoms with Crippen molar-refractivity contribution in [3.63, 3.8) is 0 Å². The number of fused-ring (bicyclic) bond motifs is 1. The molecule has 2 aromatic heterocycles. The van der Waals surface area contributed by atoms with Gasteiger partial charge in [-0.25, -0.2) is 4.68 Å². The Labute approximate surface area is 144 Å². The molecular weight excluding hydrogens is 322 g/mol. The molecule has 0 aliphatic carbocycles. The Hall–Kier alpha value is -2.74. The van der Waals surface area contributed by atoms with Crippen LogP contribution in [0.1, 0.15) is 36.5 Å². The van der Waals surface area contributed by atoms with Crippen molar-refractivity contribution < 1.29 is 14.0 Å². The van der Waals surface area contributed by atoms with Gasteiger partial charge in [-0.3, -0.25) is 0 Å². The van der Waals surface area contributed by atoms with Gasteiger partial charge in [-0.05, 0) is 24.1 Å². The average Bonchev–Trinajstić information content (AvgIpc) is 3.28. The largest absolute Gasteiger partial charge is 0.497 e. The van der Waals surface area contributed by atoms with Gasteiger partial charge in [0.1, 0.15) is 11.9 Å². The topological polar surface area (TPSA) is 88.1 Å². The Morgan fingerprint density at radius 2 is 2.12 bits per heavy atom.